The Morgan fingerprint density at radius 1 is 1.26 bits per heavy atom. The van der Waals surface area contributed by atoms with Crippen molar-refractivity contribution in [3.8, 4) is 12.3 Å². The number of rotatable bonds is 5. The van der Waals surface area contributed by atoms with Gasteiger partial charge in [0, 0.05) is 18.7 Å². The molecule has 1 aromatic rings. The molecule has 7 heteroatoms. The maximum atomic E-state index is 13.5. The SMILES string of the molecule is C#CCN(CCC)S(=O)(=O)c1c(F)cc(F)cc1F. The van der Waals surface area contributed by atoms with Crippen LogP contribution in [0, 0.1) is 29.8 Å². The summed E-state index contributed by atoms with van der Waals surface area (Å²) < 4.78 is 64.8. The second kappa shape index (κ2) is 6.08. The van der Waals surface area contributed by atoms with Crippen LogP contribution >= 0.6 is 0 Å². The van der Waals surface area contributed by atoms with Crippen LogP contribution in [0.15, 0.2) is 17.0 Å². The predicted octanol–water partition coefficient (Wildman–Crippen LogP) is 2.14. The van der Waals surface area contributed by atoms with E-state index >= 15 is 0 Å². The minimum Gasteiger partial charge on any atom is -0.207 e. The van der Waals surface area contributed by atoms with Crippen molar-refractivity contribution < 1.29 is 21.6 Å². The fraction of sp³-hybridized carbons (Fsp3) is 0.333. The van der Waals surface area contributed by atoms with E-state index in [-0.39, 0.29) is 13.1 Å². The Labute approximate surface area is 110 Å². The summed E-state index contributed by atoms with van der Waals surface area (Å²) in [5.41, 5.74) is 0. The van der Waals surface area contributed by atoms with Crippen molar-refractivity contribution >= 4 is 10.0 Å². The van der Waals surface area contributed by atoms with Crippen molar-refractivity contribution in [3.05, 3.63) is 29.6 Å². The molecule has 0 heterocycles. The van der Waals surface area contributed by atoms with Gasteiger partial charge in [-0.3, -0.25) is 0 Å². The van der Waals surface area contributed by atoms with Gasteiger partial charge in [-0.25, -0.2) is 21.6 Å². The third kappa shape index (κ3) is 3.28. The molecule has 0 saturated carbocycles. The van der Waals surface area contributed by atoms with Crippen LogP contribution < -0.4 is 0 Å². The summed E-state index contributed by atoms with van der Waals surface area (Å²) in [5, 5.41) is 0. The minimum atomic E-state index is -4.43. The number of nitrogens with zero attached hydrogens (tertiary/aromatic N) is 1. The van der Waals surface area contributed by atoms with E-state index in [1.54, 1.807) is 6.92 Å². The third-order valence-corrected chi connectivity index (χ3v) is 4.20. The van der Waals surface area contributed by atoms with E-state index in [9.17, 15) is 21.6 Å². The van der Waals surface area contributed by atoms with Crippen LogP contribution in [-0.4, -0.2) is 25.8 Å². The van der Waals surface area contributed by atoms with Crippen molar-refractivity contribution in [2.75, 3.05) is 13.1 Å². The molecule has 0 aliphatic carbocycles. The second-order valence-corrected chi connectivity index (χ2v) is 5.62. The van der Waals surface area contributed by atoms with E-state index in [0.29, 0.717) is 18.6 Å². The van der Waals surface area contributed by atoms with E-state index in [4.69, 9.17) is 6.42 Å². The molecule has 3 nitrogen and oxygen atoms in total. The van der Waals surface area contributed by atoms with Gasteiger partial charge in [0.2, 0.25) is 10.0 Å². The highest BCUT2D eigenvalue weighted by molar-refractivity contribution is 7.89. The normalized spacial score (nSPS) is 11.6. The van der Waals surface area contributed by atoms with E-state index in [1.165, 1.54) is 0 Å². The van der Waals surface area contributed by atoms with Gasteiger partial charge in [-0.2, -0.15) is 4.31 Å². The zero-order chi connectivity index (χ0) is 14.6. The molecule has 1 aromatic carbocycles. The van der Waals surface area contributed by atoms with Crippen molar-refractivity contribution in [1.29, 1.82) is 0 Å². The molecular weight excluding hydrogens is 279 g/mol. The summed E-state index contributed by atoms with van der Waals surface area (Å²) >= 11 is 0. The molecule has 1 rings (SSSR count). The van der Waals surface area contributed by atoms with Crippen molar-refractivity contribution in [3.63, 3.8) is 0 Å². The monoisotopic (exact) mass is 291 g/mol. The Morgan fingerprint density at radius 2 is 1.79 bits per heavy atom. The Hall–Kier alpha value is -1.52. The summed E-state index contributed by atoms with van der Waals surface area (Å²) in [4.78, 5) is -1.18. The van der Waals surface area contributed by atoms with Crippen molar-refractivity contribution in [1.82, 2.24) is 4.31 Å². The first-order valence-corrected chi connectivity index (χ1v) is 6.86. The van der Waals surface area contributed by atoms with Crippen molar-refractivity contribution in [2.45, 2.75) is 18.2 Å². The van der Waals surface area contributed by atoms with Crippen molar-refractivity contribution in [2.24, 2.45) is 0 Å². The first-order chi connectivity index (χ1) is 8.84. The van der Waals surface area contributed by atoms with Gasteiger partial charge >= 0.3 is 0 Å². The maximum Gasteiger partial charge on any atom is 0.249 e. The quantitative estimate of drug-likeness (QED) is 0.779. The molecule has 19 heavy (non-hydrogen) atoms. The van der Waals surface area contributed by atoms with Gasteiger partial charge in [-0.05, 0) is 6.42 Å². The lowest BCUT2D eigenvalue weighted by molar-refractivity contribution is 0.429. The zero-order valence-electron chi connectivity index (χ0n) is 10.2. The van der Waals surface area contributed by atoms with Gasteiger partial charge in [0.25, 0.3) is 0 Å². The van der Waals surface area contributed by atoms with Crippen LogP contribution in [0.4, 0.5) is 13.2 Å². The van der Waals surface area contributed by atoms with Gasteiger partial charge in [0.05, 0.1) is 6.54 Å². The van der Waals surface area contributed by atoms with Crippen LogP contribution in [-0.2, 0) is 10.0 Å². The summed E-state index contributed by atoms with van der Waals surface area (Å²) in [6, 6.07) is 0.631. The smallest absolute Gasteiger partial charge is 0.207 e. The molecule has 0 aliphatic heterocycles. The molecule has 0 N–H and O–H groups in total. The minimum absolute atomic E-state index is 0.0167. The van der Waals surface area contributed by atoms with Gasteiger partial charge in [-0.1, -0.05) is 12.8 Å². The summed E-state index contributed by atoms with van der Waals surface area (Å²) in [6.45, 7) is 1.39. The number of benzene rings is 1. The highest BCUT2D eigenvalue weighted by atomic mass is 32.2. The highest BCUT2D eigenvalue weighted by Crippen LogP contribution is 2.23. The number of terminal acetylenes is 1. The topological polar surface area (TPSA) is 37.4 Å². The molecule has 0 radical (unpaired) electrons. The molecule has 0 atom stereocenters. The van der Waals surface area contributed by atoms with Gasteiger partial charge < -0.3 is 0 Å². The van der Waals surface area contributed by atoms with Gasteiger partial charge in [-0.15, -0.1) is 6.42 Å². The van der Waals surface area contributed by atoms with Crippen LogP contribution in [0.3, 0.4) is 0 Å². The first kappa shape index (κ1) is 15.5. The number of hydrogen-bond donors (Lipinski definition) is 0. The van der Waals surface area contributed by atoms with E-state index in [0.717, 1.165) is 4.31 Å². The fourth-order valence-corrected chi connectivity index (χ4v) is 3.08. The zero-order valence-corrected chi connectivity index (χ0v) is 11.0. The lowest BCUT2D eigenvalue weighted by Gasteiger charge is -2.19. The molecule has 0 aliphatic rings. The predicted molar refractivity (Wildman–Crippen MR) is 64.2 cm³/mol. The largest absolute Gasteiger partial charge is 0.249 e. The molecule has 0 fully saturated rings. The molecule has 0 saturated heterocycles. The molecule has 0 amide bonds. The van der Waals surface area contributed by atoms with Gasteiger partial charge in [0.1, 0.15) is 17.5 Å². The average molecular weight is 291 g/mol. The Bertz CT molecular complexity index is 585. The fourth-order valence-electron chi connectivity index (χ4n) is 1.54. The molecule has 0 spiro atoms. The van der Waals surface area contributed by atoms with E-state index in [1.807, 2.05) is 0 Å². The maximum absolute atomic E-state index is 13.5. The van der Waals surface area contributed by atoms with E-state index < -0.39 is 32.4 Å². The summed E-state index contributed by atoms with van der Waals surface area (Å²) in [7, 11) is -4.43. The third-order valence-electron chi connectivity index (χ3n) is 2.30. The number of halogens is 3. The summed E-state index contributed by atoms with van der Waals surface area (Å²) in [6.07, 6.45) is 5.45. The Balaban J connectivity index is 3.38. The lowest BCUT2D eigenvalue weighted by Crippen LogP contribution is -2.33. The first-order valence-electron chi connectivity index (χ1n) is 5.42. The lowest BCUT2D eigenvalue weighted by atomic mass is 10.3. The number of sulfonamides is 1. The van der Waals surface area contributed by atoms with Gasteiger partial charge in [0.15, 0.2) is 4.90 Å². The van der Waals surface area contributed by atoms with Crippen LogP contribution in [0.1, 0.15) is 13.3 Å². The van der Waals surface area contributed by atoms with Crippen LogP contribution in [0.2, 0.25) is 0 Å². The molecule has 0 aromatic heterocycles. The Kier molecular flexibility index (Phi) is 4.97. The average Bonchev–Trinajstić information content (AvgIpc) is 2.26. The second-order valence-electron chi connectivity index (χ2n) is 3.74. The van der Waals surface area contributed by atoms with Crippen LogP contribution in [0.25, 0.3) is 0 Å². The van der Waals surface area contributed by atoms with E-state index in [2.05, 4.69) is 5.92 Å². The molecule has 104 valence electrons. The molecule has 0 unspecified atom stereocenters. The number of hydrogen-bond acceptors (Lipinski definition) is 2. The Morgan fingerprint density at radius 3 is 2.21 bits per heavy atom. The molecular formula is C12H12F3NO2S. The summed E-state index contributed by atoms with van der Waals surface area (Å²) in [5.74, 6) is -2.03. The highest BCUT2D eigenvalue weighted by Gasteiger charge is 2.30. The van der Waals surface area contributed by atoms with Crippen LogP contribution in [0.5, 0.6) is 0 Å². The molecule has 0 bridgehead atoms. The standard InChI is InChI=1S/C12H12F3NO2S/c1-3-5-16(6-4-2)19(17,18)12-10(14)7-9(13)8-11(12)15/h1,7-8H,4-6H2,2H3.